The summed E-state index contributed by atoms with van der Waals surface area (Å²) in [4.78, 5) is 0. The van der Waals surface area contributed by atoms with Gasteiger partial charge < -0.3 is 0 Å². The molecule has 26 valence electrons. The van der Waals surface area contributed by atoms with Crippen LogP contribution in [0.1, 0.15) is 0 Å². The molecule has 0 aromatic carbocycles. The van der Waals surface area contributed by atoms with Crippen LogP contribution in [0.5, 0.6) is 0 Å². The van der Waals surface area contributed by atoms with Crippen LogP contribution in [-0.2, 0) is 0 Å². The first kappa shape index (κ1) is 5.12. The Balaban J connectivity index is 1.97. The fourth-order valence-corrected chi connectivity index (χ4v) is 0. The van der Waals surface area contributed by atoms with Gasteiger partial charge in [-0.25, -0.2) is 0 Å². The van der Waals surface area contributed by atoms with Gasteiger partial charge in [-0.3, -0.25) is 0 Å². The molecule has 0 spiro atoms. The summed E-state index contributed by atoms with van der Waals surface area (Å²) in [5.74, 6) is 0. The molecule has 0 saturated heterocycles. The SMILES string of the molecule is C[AsH][AsH]C. The van der Waals surface area contributed by atoms with Gasteiger partial charge in [-0.05, 0) is 0 Å². The summed E-state index contributed by atoms with van der Waals surface area (Å²) in [5, 5.41) is 0. The van der Waals surface area contributed by atoms with E-state index in [2.05, 4.69) is 11.4 Å². The molecule has 0 amide bonds. The van der Waals surface area contributed by atoms with Gasteiger partial charge >= 0.3 is 38.8 Å². The fourth-order valence-electron chi connectivity index (χ4n) is 0. The molecule has 0 rings (SSSR count). The molecule has 0 bridgehead atoms. The van der Waals surface area contributed by atoms with Crippen LogP contribution >= 0.6 is 0 Å². The van der Waals surface area contributed by atoms with E-state index in [1.807, 2.05) is 0 Å². The first-order valence-electron chi connectivity index (χ1n) is 1.25. The van der Waals surface area contributed by atoms with Crippen molar-refractivity contribution in [3.63, 3.8) is 0 Å². The molecule has 0 heterocycles. The first-order chi connectivity index (χ1) is 1.91. The zero-order chi connectivity index (χ0) is 3.41. The Hall–Kier alpha value is 1.12. The van der Waals surface area contributed by atoms with Crippen molar-refractivity contribution in [3.05, 3.63) is 0 Å². The molecule has 4 heavy (non-hydrogen) atoms. The van der Waals surface area contributed by atoms with Crippen molar-refractivity contribution >= 4 is 27.4 Å². The molecule has 2 unspecified atom stereocenters. The molecule has 0 fully saturated rings. The molecular weight excluding hydrogens is 174 g/mol. The minimum absolute atomic E-state index is 0.639. The van der Waals surface area contributed by atoms with E-state index in [0.717, 1.165) is 0 Å². The molecule has 0 aromatic heterocycles. The van der Waals surface area contributed by atoms with Gasteiger partial charge in [0.1, 0.15) is 0 Å². The number of hydrogen-bond acceptors (Lipinski definition) is 0. The summed E-state index contributed by atoms with van der Waals surface area (Å²) >= 11 is 1.28. The molecule has 0 nitrogen and oxygen atoms in total. The van der Waals surface area contributed by atoms with Crippen molar-refractivity contribution in [2.75, 3.05) is 0 Å². The van der Waals surface area contributed by atoms with E-state index in [4.69, 9.17) is 0 Å². The normalized spacial score (nSPS) is 13.5. The van der Waals surface area contributed by atoms with Crippen LogP contribution < -0.4 is 0 Å². The third-order valence-corrected chi connectivity index (χ3v) is 6.75. The monoisotopic (exact) mass is 182 g/mol. The van der Waals surface area contributed by atoms with E-state index >= 15 is 0 Å². The van der Waals surface area contributed by atoms with Crippen LogP contribution in [-0.4, -0.2) is 27.4 Å². The average Bonchev–Trinajstić information content (AvgIpc) is 1.37. The Kier molecular flexibility index (Phi) is 5.27. The zero-order valence-electron chi connectivity index (χ0n) is 3.00. The summed E-state index contributed by atoms with van der Waals surface area (Å²) in [7, 11) is 0. The second-order valence-corrected chi connectivity index (χ2v) is 13.5. The third kappa shape index (κ3) is 3.12. The molecule has 2 atom stereocenters. The quantitative estimate of drug-likeness (QED) is 0.495. The van der Waals surface area contributed by atoms with Crippen molar-refractivity contribution in [3.8, 4) is 0 Å². The van der Waals surface area contributed by atoms with Crippen molar-refractivity contribution in [1.82, 2.24) is 0 Å². The molecule has 2 heteroatoms. The molecule has 0 saturated carbocycles. The number of hydrogen-bond donors (Lipinski definition) is 0. The van der Waals surface area contributed by atoms with E-state index in [0.29, 0.717) is 27.4 Å². The second-order valence-electron chi connectivity index (χ2n) is 0.500. The Morgan fingerprint density at radius 1 is 1.00 bits per heavy atom. The van der Waals surface area contributed by atoms with Gasteiger partial charge in [-0.15, -0.1) is 0 Å². The fraction of sp³-hybridized carbons (Fsp3) is 1.00. The molecule has 0 aliphatic carbocycles. The van der Waals surface area contributed by atoms with E-state index < -0.39 is 0 Å². The van der Waals surface area contributed by atoms with E-state index in [9.17, 15) is 0 Å². The van der Waals surface area contributed by atoms with E-state index in [-0.39, 0.29) is 0 Å². The molecule has 0 radical (unpaired) electrons. The van der Waals surface area contributed by atoms with Crippen LogP contribution in [0, 0.1) is 0 Å². The van der Waals surface area contributed by atoms with E-state index in [1.165, 1.54) is 0 Å². The third-order valence-electron chi connectivity index (χ3n) is 0.250. The predicted octanol–water partition coefficient (Wildman–Crippen LogP) is -0.129. The van der Waals surface area contributed by atoms with Crippen molar-refractivity contribution in [2.45, 2.75) is 11.4 Å². The standard InChI is InChI=1S/C2H8As2/c1-3-4-2/h3-4H,1-2H3. The Morgan fingerprint density at radius 2 is 1.25 bits per heavy atom. The molecule has 0 aromatic rings. The Morgan fingerprint density at radius 3 is 1.25 bits per heavy atom. The molecular formula is C2H8As2. The maximum atomic E-state index is 2.36. The maximum absolute atomic E-state index is 2.36. The van der Waals surface area contributed by atoms with Crippen molar-refractivity contribution < 1.29 is 0 Å². The van der Waals surface area contributed by atoms with Crippen LogP contribution in [0.2, 0.25) is 11.4 Å². The minimum atomic E-state index is 0.639. The topological polar surface area (TPSA) is 0 Å². The number of rotatable bonds is 1. The Bertz CT molecular complexity index is 6.00. The summed E-state index contributed by atoms with van der Waals surface area (Å²) < 4.78 is 0. The van der Waals surface area contributed by atoms with Crippen LogP contribution in [0.15, 0.2) is 0 Å². The van der Waals surface area contributed by atoms with Gasteiger partial charge in [0.15, 0.2) is 0 Å². The van der Waals surface area contributed by atoms with Crippen LogP contribution in [0.3, 0.4) is 0 Å². The van der Waals surface area contributed by atoms with Gasteiger partial charge in [0, 0.05) is 0 Å². The zero-order valence-corrected chi connectivity index (χ0v) is 7.20. The summed E-state index contributed by atoms with van der Waals surface area (Å²) in [6.45, 7) is 0. The van der Waals surface area contributed by atoms with E-state index in [1.54, 1.807) is 0 Å². The van der Waals surface area contributed by atoms with Crippen LogP contribution in [0.4, 0.5) is 0 Å². The average molecular weight is 182 g/mol. The summed E-state index contributed by atoms with van der Waals surface area (Å²) in [5.41, 5.74) is 4.72. The Labute approximate surface area is 39.0 Å². The van der Waals surface area contributed by atoms with Crippen LogP contribution in [0.25, 0.3) is 0 Å². The predicted molar refractivity (Wildman–Crippen MR) is 26.0 cm³/mol. The second kappa shape index (κ2) is 4.12. The summed E-state index contributed by atoms with van der Waals surface area (Å²) in [6, 6.07) is 0. The van der Waals surface area contributed by atoms with Crippen molar-refractivity contribution in [2.24, 2.45) is 0 Å². The molecule has 0 aliphatic heterocycles. The van der Waals surface area contributed by atoms with Gasteiger partial charge in [-0.1, -0.05) is 0 Å². The van der Waals surface area contributed by atoms with Gasteiger partial charge in [0.2, 0.25) is 0 Å². The molecule has 0 aliphatic rings. The van der Waals surface area contributed by atoms with Gasteiger partial charge in [0.05, 0.1) is 0 Å². The summed E-state index contributed by atoms with van der Waals surface area (Å²) in [6.07, 6.45) is 0. The first-order valence-corrected chi connectivity index (χ1v) is 11.9. The van der Waals surface area contributed by atoms with Gasteiger partial charge in [0.25, 0.3) is 0 Å². The van der Waals surface area contributed by atoms with Gasteiger partial charge in [-0.2, -0.15) is 0 Å². The van der Waals surface area contributed by atoms with Crippen molar-refractivity contribution in [1.29, 1.82) is 0 Å². The molecule has 0 N–H and O–H groups in total.